The van der Waals surface area contributed by atoms with E-state index in [2.05, 4.69) is 56.1 Å². The molecule has 2 aromatic rings. The van der Waals surface area contributed by atoms with Gasteiger partial charge in [0.15, 0.2) is 0 Å². The van der Waals surface area contributed by atoms with Crippen LogP contribution in [0.2, 0.25) is 0 Å². The highest BCUT2D eigenvalue weighted by Gasteiger charge is 2.31. The van der Waals surface area contributed by atoms with Crippen LogP contribution in [0, 0.1) is 0 Å². The first kappa shape index (κ1) is 12.2. The van der Waals surface area contributed by atoms with Crippen molar-refractivity contribution in [2.45, 2.75) is 32.6 Å². The number of benzene rings is 1. The number of allylic oxidation sites excluding steroid dienone is 1. The van der Waals surface area contributed by atoms with Crippen LogP contribution in [-0.4, -0.2) is 4.98 Å². The Labute approximate surface area is 115 Å². The third-order valence-corrected chi connectivity index (χ3v) is 4.20. The Morgan fingerprint density at radius 1 is 1.11 bits per heavy atom. The van der Waals surface area contributed by atoms with Gasteiger partial charge in [-0.05, 0) is 35.7 Å². The lowest BCUT2D eigenvalue weighted by Crippen LogP contribution is -2.16. The van der Waals surface area contributed by atoms with E-state index in [9.17, 15) is 0 Å². The van der Waals surface area contributed by atoms with Gasteiger partial charge < -0.3 is 0 Å². The predicted molar refractivity (Wildman–Crippen MR) is 81.0 cm³/mol. The maximum atomic E-state index is 4.43. The van der Waals surface area contributed by atoms with Crippen LogP contribution in [0.25, 0.3) is 17.3 Å². The van der Waals surface area contributed by atoms with Gasteiger partial charge in [-0.15, -0.1) is 0 Å². The fourth-order valence-electron chi connectivity index (χ4n) is 3.03. The maximum absolute atomic E-state index is 4.43. The first-order valence-electron chi connectivity index (χ1n) is 6.90. The Balaban J connectivity index is 2.10. The largest absolute Gasteiger partial charge is 0.256 e. The normalized spacial score (nSPS) is 16.1. The molecule has 1 heteroatoms. The lowest BCUT2D eigenvalue weighted by Gasteiger charge is -2.24. The van der Waals surface area contributed by atoms with Gasteiger partial charge in [0, 0.05) is 17.2 Å². The van der Waals surface area contributed by atoms with E-state index in [-0.39, 0.29) is 5.41 Å². The standard InChI is InChI=1S/C18H19N/c1-4-15-12-14-11-13(17-7-5-6-10-19-17)8-9-16(14)18(15,2)3/h5-12H,4H2,1-3H3. The fourth-order valence-corrected chi connectivity index (χ4v) is 3.03. The molecule has 1 nitrogen and oxygen atoms in total. The van der Waals surface area contributed by atoms with Crippen LogP contribution in [0.15, 0.2) is 48.2 Å². The predicted octanol–water partition coefficient (Wildman–Crippen LogP) is 4.83. The smallest absolute Gasteiger partial charge is 0.0702 e. The lowest BCUT2D eigenvalue weighted by molar-refractivity contribution is 0.618. The summed E-state index contributed by atoms with van der Waals surface area (Å²) in [5.41, 5.74) is 6.71. The molecule has 1 aromatic heterocycles. The number of nitrogens with zero attached hydrogens (tertiary/aromatic N) is 1. The number of fused-ring (bicyclic) bond motifs is 1. The Bertz CT molecular complexity index is 636. The van der Waals surface area contributed by atoms with E-state index in [1.165, 1.54) is 22.3 Å². The fraction of sp³-hybridized carbons (Fsp3) is 0.278. The van der Waals surface area contributed by atoms with Gasteiger partial charge in [0.2, 0.25) is 0 Å². The molecule has 0 atom stereocenters. The molecule has 1 heterocycles. The monoisotopic (exact) mass is 249 g/mol. The van der Waals surface area contributed by atoms with Crippen LogP contribution in [0.3, 0.4) is 0 Å². The van der Waals surface area contributed by atoms with Crippen molar-refractivity contribution >= 4 is 6.08 Å². The van der Waals surface area contributed by atoms with Crippen LogP contribution in [0.5, 0.6) is 0 Å². The van der Waals surface area contributed by atoms with Crippen molar-refractivity contribution in [2.24, 2.45) is 0 Å². The summed E-state index contributed by atoms with van der Waals surface area (Å²) in [6, 6.07) is 12.8. The van der Waals surface area contributed by atoms with Gasteiger partial charge >= 0.3 is 0 Å². The third-order valence-electron chi connectivity index (χ3n) is 4.20. The summed E-state index contributed by atoms with van der Waals surface area (Å²) < 4.78 is 0. The van der Waals surface area contributed by atoms with Gasteiger partial charge in [0.25, 0.3) is 0 Å². The molecule has 0 fully saturated rings. The van der Waals surface area contributed by atoms with Gasteiger partial charge in [0.1, 0.15) is 0 Å². The second kappa shape index (κ2) is 4.34. The van der Waals surface area contributed by atoms with Crippen LogP contribution < -0.4 is 0 Å². The summed E-state index contributed by atoms with van der Waals surface area (Å²) in [5, 5.41) is 0. The second-order valence-corrected chi connectivity index (χ2v) is 5.67. The highest BCUT2D eigenvalue weighted by atomic mass is 14.7. The number of hydrogen-bond donors (Lipinski definition) is 0. The summed E-state index contributed by atoms with van der Waals surface area (Å²) in [7, 11) is 0. The minimum absolute atomic E-state index is 0.173. The lowest BCUT2D eigenvalue weighted by atomic mass is 9.80. The molecule has 0 spiro atoms. The van der Waals surface area contributed by atoms with E-state index >= 15 is 0 Å². The van der Waals surface area contributed by atoms with E-state index < -0.39 is 0 Å². The van der Waals surface area contributed by atoms with Gasteiger partial charge in [-0.1, -0.05) is 50.6 Å². The molecule has 0 amide bonds. The molecule has 0 bridgehead atoms. The minimum Gasteiger partial charge on any atom is -0.256 e. The van der Waals surface area contributed by atoms with Gasteiger partial charge in [-0.25, -0.2) is 0 Å². The number of rotatable bonds is 2. The number of pyridine rings is 1. The van der Waals surface area contributed by atoms with Gasteiger partial charge in [0.05, 0.1) is 5.69 Å². The van der Waals surface area contributed by atoms with Crippen molar-refractivity contribution in [3.8, 4) is 11.3 Å². The molecule has 0 radical (unpaired) electrons. The van der Waals surface area contributed by atoms with E-state index in [4.69, 9.17) is 0 Å². The number of hydrogen-bond acceptors (Lipinski definition) is 1. The Hall–Kier alpha value is -1.89. The molecule has 19 heavy (non-hydrogen) atoms. The average molecular weight is 249 g/mol. The highest BCUT2D eigenvalue weighted by Crippen LogP contribution is 2.43. The summed E-state index contributed by atoms with van der Waals surface area (Å²) in [6.45, 7) is 6.86. The molecule has 0 saturated heterocycles. The first-order chi connectivity index (χ1) is 9.13. The molecule has 1 aliphatic rings. The summed E-state index contributed by atoms with van der Waals surface area (Å²) in [6.07, 6.45) is 5.31. The Morgan fingerprint density at radius 2 is 1.95 bits per heavy atom. The zero-order chi connectivity index (χ0) is 13.5. The van der Waals surface area contributed by atoms with Gasteiger partial charge in [-0.2, -0.15) is 0 Å². The maximum Gasteiger partial charge on any atom is 0.0702 e. The van der Waals surface area contributed by atoms with E-state index in [0.29, 0.717) is 0 Å². The van der Waals surface area contributed by atoms with Crippen molar-refractivity contribution in [1.82, 2.24) is 4.98 Å². The minimum atomic E-state index is 0.173. The zero-order valence-electron chi connectivity index (χ0n) is 11.8. The summed E-state index contributed by atoms with van der Waals surface area (Å²) in [5.74, 6) is 0. The van der Waals surface area contributed by atoms with Crippen molar-refractivity contribution in [3.63, 3.8) is 0 Å². The summed E-state index contributed by atoms with van der Waals surface area (Å²) in [4.78, 5) is 4.43. The molecule has 0 N–H and O–H groups in total. The summed E-state index contributed by atoms with van der Waals surface area (Å²) >= 11 is 0. The molecule has 96 valence electrons. The van der Waals surface area contributed by atoms with E-state index in [0.717, 1.165) is 12.1 Å². The van der Waals surface area contributed by atoms with Crippen LogP contribution >= 0.6 is 0 Å². The van der Waals surface area contributed by atoms with Crippen LogP contribution in [0.1, 0.15) is 38.3 Å². The topological polar surface area (TPSA) is 12.9 Å². The molecule has 1 aliphatic carbocycles. The van der Waals surface area contributed by atoms with Crippen molar-refractivity contribution in [3.05, 3.63) is 59.3 Å². The molecule has 3 rings (SSSR count). The van der Waals surface area contributed by atoms with E-state index in [1.807, 2.05) is 18.3 Å². The Kier molecular flexibility index (Phi) is 2.78. The quantitative estimate of drug-likeness (QED) is 0.742. The van der Waals surface area contributed by atoms with Crippen molar-refractivity contribution < 1.29 is 0 Å². The molecule has 0 aliphatic heterocycles. The highest BCUT2D eigenvalue weighted by molar-refractivity contribution is 5.74. The van der Waals surface area contributed by atoms with Gasteiger partial charge in [-0.3, -0.25) is 4.98 Å². The molecule has 1 aromatic carbocycles. The molecular formula is C18H19N. The average Bonchev–Trinajstić information content (AvgIpc) is 2.70. The molecule has 0 saturated carbocycles. The number of aromatic nitrogens is 1. The van der Waals surface area contributed by atoms with Crippen LogP contribution in [0.4, 0.5) is 0 Å². The molecular weight excluding hydrogens is 230 g/mol. The van der Waals surface area contributed by atoms with Crippen molar-refractivity contribution in [1.29, 1.82) is 0 Å². The SMILES string of the molecule is CCC1=Cc2cc(-c3ccccn3)ccc2C1(C)C. The van der Waals surface area contributed by atoms with E-state index in [1.54, 1.807) is 0 Å². The van der Waals surface area contributed by atoms with Crippen molar-refractivity contribution in [2.75, 3.05) is 0 Å². The first-order valence-corrected chi connectivity index (χ1v) is 6.90. The molecule has 0 unspecified atom stereocenters. The second-order valence-electron chi connectivity index (χ2n) is 5.67. The Morgan fingerprint density at radius 3 is 2.63 bits per heavy atom. The third kappa shape index (κ3) is 1.90. The van der Waals surface area contributed by atoms with Crippen LogP contribution in [-0.2, 0) is 5.41 Å². The zero-order valence-corrected chi connectivity index (χ0v) is 11.8.